The summed E-state index contributed by atoms with van der Waals surface area (Å²) < 4.78 is 5.85. The molecule has 1 N–H and O–H groups in total. The Morgan fingerprint density at radius 3 is 2.16 bits per heavy atom. The van der Waals surface area contributed by atoms with Gasteiger partial charge in [0, 0.05) is 5.56 Å². The van der Waals surface area contributed by atoms with Crippen LogP contribution in [0.2, 0.25) is 0 Å². The predicted octanol–water partition coefficient (Wildman–Crippen LogP) is 6.63. The number of nitrogens with zero attached hydrogens (tertiary/aromatic N) is 2. The van der Waals surface area contributed by atoms with E-state index in [1.165, 1.54) is 0 Å². The first-order chi connectivity index (χ1) is 18.6. The number of amides is 1. The highest BCUT2D eigenvalue weighted by molar-refractivity contribution is 6.06. The van der Waals surface area contributed by atoms with Crippen LogP contribution in [-0.4, -0.2) is 27.9 Å². The number of benzene rings is 4. The molecule has 0 saturated heterocycles. The van der Waals surface area contributed by atoms with Crippen LogP contribution in [0.1, 0.15) is 34.8 Å². The monoisotopic (exact) mass is 501 g/mol. The van der Waals surface area contributed by atoms with Crippen LogP contribution in [0.25, 0.3) is 22.4 Å². The van der Waals surface area contributed by atoms with Crippen LogP contribution in [0.3, 0.4) is 0 Å². The molecule has 6 heteroatoms. The summed E-state index contributed by atoms with van der Waals surface area (Å²) in [5.74, 6) is -0.0674. The van der Waals surface area contributed by atoms with Crippen molar-refractivity contribution in [3.63, 3.8) is 0 Å². The number of nitrogens with one attached hydrogen (secondary N) is 1. The van der Waals surface area contributed by atoms with Crippen molar-refractivity contribution in [2.45, 2.75) is 32.3 Å². The van der Waals surface area contributed by atoms with E-state index in [0.717, 1.165) is 57.8 Å². The standard InChI is InChI=1S/C32H27N3O3/c1-2-29(31(36)35-27-14-8-6-10-21(27)16-17-22-11-7-9-15-28(22)35)38-32(37)24-18-19-25-26(20-24)34-30(33-25)23-12-4-3-5-13-23/h3-15,18-20,29H,2,16-17H2,1H3,(H,33,34). The zero-order valence-corrected chi connectivity index (χ0v) is 21.1. The lowest BCUT2D eigenvalue weighted by Gasteiger charge is -2.28. The van der Waals surface area contributed by atoms with Gasteiger partial charge in [-0.3, -0.25) is 9.69 Å². The van der Waals surface area contributed by atoms with Crippen LogP contribution in [0.5, 0.6) is 0 Å². The van der Waals surface area contributed by atoms with E-state index in [-0.39, 0.29) is 5.91 Å². The van der Waals surface area contributed by atoms with Crippen molar-refractivity contribution in [1.29, 1.82) is 0 Å². The zero-order valence-electron chi connectivity index (χ0n) is 21.1. The lowest BCUT2D eigenvalue weighted by atomic mass is 10.0. The molecule has 0 bridgehead atoms. The average Bonchev–Trinajstić information content (AvgIpc) is 3.32. The molecule has 1 unspecified atom stereocenters. The van der Waals surface area contributed by atoms with E-state index >= 15 is 0 Å². The molecular formula is C32H27N3O3. The Hall–Kier alpha value is -4.71. The maximum Gasteiger partial charge on any atom is 0.338 e. The van der Waals surface area contributed by atoms with E-state index < -0.39 is 12.1 Å². The Morgan fingerprint density at radius 1 is 0.868 bits per heavy atom. The number of carbonyl (C=O) groups is 2. The summed E-state index contributed by atoms with van der Waals surface area (Å²) >= 11 is 0. The normalized spacial score (nSPS) is 13.3. The first-order valence-electron chi connectivity index (χ1n) is 12.9. The van der Waals surface area contributed by atoms with Gasteiger partial charge in [-0.15, -0.1) is 0 Å². The third-order valence-electron chi connectivity index (χ3n) is 7.01. The van der Waals surface area contributed by atoms with Gasteiger partial charge in [0.2, 0.25) is 0 Å². The van der Waals surface area contributed by atoms with Gasteiger partial charge in [0.15, 0.2) is 6.10 Å². The van der Waals surface area contributed by atoms with Gasteiger partial charge in [-0.05, 0) is 60.7 Å². The molecule has 0 spiro atoms. The van der Waals surface area contributed by atoms with Gasteiger partial charge in [-0.25, -0.2) is 9.78 Å². The average molecular weight is 502 g/mol. The number of hydrogen-bond donors (Lipinski definition) is 1. The Balaban J connectivity index is 1.29. The number of para-hydroxylation sites is 2. The van der Waals surface area contributed by atoms with Crippen LogP contribution < -0.4 is 4.90 Å². The maximum atomic E-state index is 14.0. The predicted molar refractivity (Wildman–Crippen MR) is 148 cm³/mol. The second-order valence-corrected chi connectivity index (χ2v) is 9.42. The van der Waals surface area contributed by atoms with Gasteiger partial charge >= 0.3 is 5.97 Å². The first-order valence-corrected chi connectivity index (χ1v) is 12.9. The van der Waals surface area contributed by atoms with Gasteiger partial charge in [0.25, 0.3) is 5.91 Å². The van der Waals surface area contributed by atoms with Crippen LogP contribution >= 0.6 is 0 Å². The zero-order chi connectivity index (χ0) is 26.1. The van der Waals surface area contributed by atoms with Crippen molar-refractivity contribution in [3.8, 4) is 11.4 Å². The molecule has 1 atom stereocenters. The van der Waals surface area contributed by atoms with Crippen molar-refractivity contribution >= 4 is 34.3 Å². The second kappa shape index (κ2) is 9.98. The molecule has 1 aromatic heterocycles. The van der Waals surface area contributed by atoms with Gasteiger partial charge in [0.1, 0.15) is 5.82 Å². The van der Waals surface area contributed by atoms with E-state index in [1.54, 1.807) is 23.1 Å². The fourth-order valence-electron chi connectivity index (χ4n) is 5.04. The molecule has 0 saturated carbocycles. The fraction of sp³-hybridized carbons (Fsp3) is 0.156. The molecule has 0 aliphatic carbocycles. The molecule has 5 aromatic rings. The SMILES string of the molecule is CCC(OC(=O)c1ccc2nc(-c3ccccc3)[nH]c2c1)C(=O)N1c2ccccc2CCc2ccccc21. The Labute approximate surface area is 220 Å². The molecule has 188 valence electrons. The first kappa shape index (κ1) is 23.7. The maximum absolute atomic E-state index is 14.0. The molecule has 1 aliphatic rings. The van der Waals surface area contributed by atoms with E-state index in [2.05, 4.69) is 22.1 Å². The van der Waals surface area contributed by atoms with E-state index in [1.807, 2.05) is 73.7 Å². The van der Waals surface area contributed by atoms with Crippen molar-refractivity contribution in [1.82, 2.24) is 9.97 Å². The lowest BCUT2D eigenvalue weighted by molar-refractivity contribution is -0.126. The molecule has 0 fully saturated rings. The number of aromatic amines is 1. The number of carbonyl (C=O) groups excluding carboxylic acids is 2. The van der Waals surface area contributed by atoms with Crippen molar-refractivity contribution in [2.24, 2.45) is 0 Å². The molecule has 6 nitrogen and oxygen atoms in total. The summed E-state index contributed by atoms with van der Waals surface area (Å²) in [7, 11) is 0. The fourth-order valence-corrected chi connectivity index (χ4v) is 5.04. The number of aromatic nitrogens is 2. The Morgan fingerprint density at radius 2 is 1.50 bits per heavy atom. The van der Waals surface area contributed by atoms with E-state index in [0.29, 0.717) is 12.0 Å². The van der Waals surface area contributed by atoms with E-state index in [9.17, 15) is 9.59 Å². The van der Waals surface area contributed by atoms with Crippen molar-refractivity contribution in [3.05, 3.63) is 114 Å². The summed E-state index contributed by atoms with van der Waals surface area (Å²) in [5, 5.41) is 0. The number of fused-ring (bicyclic) bond motifs is 3. The smallest absolute Gasteiger partial charge is 0.338 e. The summed E-state index contributed by atoms with van der Waals surface area (Å²) in [6.07, 6.45) is 1.10. The summed E-state index contributed by atoms with van der Waals surface area (Å²) in [6.45, 7) is 1.86. The van der Waals surface area contributed by atoms with Crippen LogP contribution in [-0.2, 0) is 22.4 Å². The largest absolute Gasteiger partial charge is 0.449 e. The van der Waals surface area contributed by atoms with Crippen LogP contribution in [0.4, 0.5) is 11.4 Å². The van der Waals surface area contributed by atoms with Gasteiger partial charge in [0.05, 0.1) is 28.0 Å². The number of H-pyrrole nitrogens is 1. The highest BCUT2D eigenvalue weighted by Crippen LogP contribution is 2.37. The number of rotatable bonds is 5. The van der Waals surface area contributed by atoms with Crippen LogP contribution in [0.15, 0.2) is 97.1 Å². The lowest BCUT2D eigenvalue weighted by Crippen LogP contribution is -2.39. The van der Waals surface area contributed by atoms with Crippen LogP contribution in [0, 0.1) is 0 Å². The van der Waals surface area contributed by atoms with E-state index in [4.69, 9.17) is 4.74 Å². The minimum Gasteiger partial charge on any atom is -0.449 e. The third kappa shape index (κ3) is 4.34. The number of aryl methyl sites for hydroxylation is 2. The number of hydrogen-bond acceptors (Lipinski definition) is 4. The Bertz CT molecular complexity index is 1590. The highest BCUT2D eigenvalue weighted by atomic mass is 16.5. The molecule has 6 rings (SSSR count). The Kier molecular flexibility index (Phi) is 6.22. The molecule has 1 aliphatic heterocycles. The quantitative estimate of drug-likeness (QED) is 0.274. The van der Waals surface area contributed by atoms with Crippen molar-refractivity contribution in [2.75, 3.05) is 4.90 Å². The summed E-state index contributed by atoms with van der Waals surface area (Å²) in [5.41, 5.74) is 6.67. The van der Waals surface area contributed by atoms with Gasteiger partial charge < -0.3 is 9.72 Å². The molecule has 2 heterocycles. The van der Waals surface area contributed by atoms with Gasteiger partial charge in [-0.2, -0.15) is 0 Å². The topological polar surface area (TPSA) is 75.3 Å². The summed E-state index contributed by atoms with van der Waals surface area (Å²) in [6, 6.07) is 30.9. The minimum absolute atomic E-state index is 0.253. The minimum atomic E-state index is -0.931. The van der Waals surface area contributed by atoms with Crippen molar-refractivity contribution < 1.29 is 14.3 Å². The number of anilines is 2. The second-order valence-electron chi connectivity index (χ2n) is 9.42. The highest BCUT2D eigenvalue weighted by Gasteiger charge is 2.32. The number of imidazole rings is 1. The molecular weight excluding hydrogens is 474 g/mol. The molecule has 0 radical (unpaired) electrons. The summed E-state index contributed by atoms with van der Waals surface area (Å²) in [4.78, 5) is 36.9. The molecule has 1 amide bonds. The number of esters is 1. The number of ether oxygens (including phenoxy) is 1. The molecule has 4 aromatic carbocycles. The molecule has 38 heavy (non-hydrogen) atoms. The third-order valence-corrected chi connectivity index (χ3v) is 7.01. The van der Waals surface area contributed by atoms with Gasteiger partial charge in [-0.1, -0.05) is 73.7 Å².